The molecule has 0 unspecified atom stereocenters. The number of ether oxygens (including phenoxy) is 3. The quantitative estimate of drug-likeness (QED) is 0.190. The molecule has 0 N–H and O–H groups in total. The minimum absolute atomic E-state index is 0.0363. The molecule has 1 atom stereocenters. The maximum atomic E-state index is 13.8. The van der Waals surface area contributed by atoms with Crippen LogP contribution in [0.5, 0.6) is 11.5 Å². The van der Waals surface area contributed by atoms with Crippen LogP contribution in [-0.2, 0) is 22.3 Å². The summed E-state index contributed by atoms with van der Waals surface area (Å²) in [6, 6.07) is 14.3. The number of hydrogen-bond acceptors (Lipinski definition) is 7. The lowest BCUT2D eigenvalue weighted by molar-refractivity contribution is -0.139. The molecule has 228 valence electrons. The molecule has 0 radical (unpaired) electrons. The van der Waals surface area contributed by atoms with E-state index in [9.17, 15) is 27.2 Å². The number of fused-ring (bicyclic) bond motifs is 1. The Hall–Kier alpha value is -4.71. The number of alkyl halides is 3. The lowest BCUT2D eigenvalue weighted by Gasteiger charge is -2.24. The first-order chi connectivity index (χ1) is 21.0. The fraction of sp³-hybridized carbons (Fsp3) is 0.219. The molecule has 2 heterocycles. The molecule has 1 aliphatic rings. The number of hydrogen-bond donors (Lipinski definition) is 0. The molecule has 0 fully saturated rings. The summed E-state index contributed by atoms with van der Waals surface area (Å²) in [6.45, 7) is 3.34. The fourth-order valence-corrected chi connectivity index (χ4v) is 5.87. The number of nitrogens with zero attached hydrogens (tertiary/aromatic N) is 2. The van der Waals surface area contributed by atoms with Crippen molar-refractivity contribution in [3.8, 4) is 11.5 Å². The Bertz CT molecular complexity index is 1930. The number of rotatable bonds is 8. The van der Waals surface area contributed by atoms with Crippen LogP contribution < -0.4 is 24.4 Å². The molecule has 0 bridgehead atoms. The molecule has 0 spiro atoms. The van der Waals surface area contributed by atoms with Crippen molar-refractivity contribution in [2.24, 2.45) is 4.99 Å². The van der Waals surface area contributed by atoms with Gasteiger partial charge < -0.3 is 14.2 Å². The maximum Gasteiger partial charge on any atom is 0.416 e. The number of allylic oxidation sites excluding steroid dienone is 1. The third kappa shape index (κ3) is 6.30. The first-order valence-electron chi connectivity index (χ1n) is 13.4. The van der Waals surface area contributed by atoms with E-state index in [1.807, 2.05) is 0 Å². The Morgan fingerprint density at radius 2 is 1.84 bits per heavy atom. The van der Waals surface area contributed by atoms with Gasteiger partial charge in [-0.3, -0.25) is 9.36 Å². The summed E-state index contributed by atoms with van der Waals surface area (Å²) < 4.78 is 71.2. The van der Waals surface area contributed by atoms with Crippen LogP contribution in [0.15, 0.2) is 87.8 Å². The molecular formula is C32H26F4N2O5S. The van der Waals surface area contributed by atoms with Gasteiger partial charge in [-0.15, -0.1) is 0 Å². The van der Waals surface area contributed by atoms with E-state index in [1.54, 1.807) is 38.1 Å². The predicted molar refractivity (Wildman–Crippen MR) is 156 cm³/mol. The summed E-state index contributed by atoms with van der Waals surface area (Å²) in [7, 11) is 1.46. The first kappa shape index (κ1) is 30.7. The van der Waals surface area contributed by atoms with Gasteiger partial charge in [0.2, 0.25) is 0 Å². The van der Waals surface area contributed by atoms with E-state index >= 15 is 0 Å². The van der Waals surface area contributed by atoms with Crippen molar-refractivity contribution in [3.63, 3.8) is 0 Å². The Balaban J connectivity index is 1.54. The van der Waals surface area contributed by atoms with E-state index in [0.29, 0.717) is 37.5 Å². The summed E-state index contributed by atoms with van der Waals surface area (Å²) in [6.07, 6.45) is -2.87. The van der Waals surface area contributed by atoms with Crippen molar-refractivity contribution in [2.45, 2.75) is 32.7 Å². The van der Waals surface area contributed by atoms with E-state index in [4.69, 9.17) is 14.2 Å². The SMILES string of the molecule is CCOC(=O)C1=C(C)N=c2s/c(=C\c3ccc(OC)c(COc4cccc(C(F)(F)F)c4)c3)c(=O)n2[C@H]1c1ccc(F)cc1. The van der Waals surface area contributed by atoms with Gasteiger partial charge in [-0.2, -0.15) is 13.2 Å². The lowest BCUT2D eigenvalue weighted by atomic mass is 9.96. The van der Waals surface area contributed by atoms with Gasteiger partial charge in [0.05, 0.1) is 41.1 Å². The minimum Gasteiger partial charge on any atom is -0.496 e. The summed E-state index contributed by atoms with van der Waals surface area (Å²) in [5.41, 5.74) is 0.950. The Labute approximate surface area is 253 Å². The summed E-state index contributed by atoms with van der Waals surface area (Å²) in [4.78, 5) is 31.7. The van der Waals surface area contributed by atoms with Crippen LogP contribution in [-0.4, -0.2) is 24.3 Å². The van der Waals surface area contributed by atoms with Crippen molar-refractivity contribution < 1.29 is 36.6 Å². The standard InChI is InChI=1S/C32H26F4N2O5S/c1-4-42-30(40)27-18(2)37-31-38(28(27)20-9-11-23(33)12-10-20)29(39)26(44-31)15-19-8-13-25(41-3)21(14-19)17-43-24-7-5-6-22(16-24)32(34,35)36/h5-16,28H,4,17H2,1-3H3/b26-15-/t28-/m0/s1. The molecule has 0 saturated heterocycles. The number of aromatic nitrogens is 1. The van der Waals surface area contributed by atoms with Crippen LogP contribution in [0.2, 0.25) is 0 Å². The Morgan fingerprint density at radius 1 is 1.09 bits per heavy atom. The van der Waals surface area contributed by atoms with E-state index in [1.165, 1.54) is 48.1 Å². The van der Waals surface area contributed by atoms with Crippen molar-refractivity contribution in [2.75, 3.05) is 13.7 Å². The van der Waals surface area contributed by atoms with Gasteiger partial charge in [-0.1, -0.05) is 35.6 Å². The van der Waals surface area contributed by atoms with Crippen molar-refractivity contribution in [3.05, 3.63) is 126 Å². The second-order valence-corrected chi connectivity index (χ2v) is 10.7. The molecule has 4 aromatic rings. The predicted octanol–water partition coefficient (Wildman–Crippen LogP) is 5.54. The van der Waals surface area contributed by atoms with Gasteiger partial charge >= 0.3 is 12.1 Å². The summed E-state index contributed by atoms with van der Waals surface area (Å²) >= 11 is 1.12. The minimum atomic E-state index is -4.51. The second-order valence-electron chi connectivity index (χ2n) is 9.74. The van der Waals surface area contributed by atoms with Gasteiger partial charge in [0, 0.05) is 5.56 Å². The zero-order chi connectivity index (χ0) is 31.6. The highest BCUT2D eigenvalue weighted by atomic mass is 32.1. The Morgan fingerprint density at radius 3 is 2.52 bits per heavy atom. The molecule has 0 aliphatic carbocycles. The largest absolute Gasteiger partial charge is 0.496 e. The fourth-order valence-electron chi connectivity index (χ4n) is 4.83. The number of benzene rings is 3. The molecular weight excluding hydrogens is 600 g/mol. The van der Waals surface area contributed by atoms with Crippen LogP contribution in [0.1, 0.15) is 42.1 Å². The van der Waals surface area contributed by atoms with Crippen LogP contribution in [0.25, 0.3) is 6.08 Å². The summed E-state index contributed by atoms with van der Waals surface area (Å²) in [5.74, 6) is -0.611. The van der Waals surface area contributed by atoms with Crippen molar-refractivity contribution in [1.29, 1.82) is 0 Å². The van der Waals surface area contributed by atoms with Crippen LogP contribution in [0.3, 0.4) is 0 Å². The second kappa shape index (κ2) is 12.5. The highest BCUT2D eigenvalue weighted by Gasteiger charge is 2.33. The van der Waals surface area contributed by atoms with Gasteiger partial charge in [-0.05, 0) is 73.5 Å². The molecule has 1 aliphatic heterocycles. The third-order valence-electron chi connectivity index (χ3n) is 6.86. The highest BCUT2D eigenvalue weighted by molar-refractivity contribution is 7.07. The molecule has 44 heavy (non-hydrogen) atoms. The summed E-state index contributed by atoms with van der Waals surface area (Å²) in [5, 5.41) is 0. The van der Waals surface area contributed by atoms with Crippen LogP contribution >= 0.6 is 11.3 Å². The topological polar surface area (TPSA) is 79.1 Å². The van der Waals surface area contributed by atoms with E-state index in [0.717, 1.165) is 23.5 Å². The first-order valence-corrected chi connectivity index (χ1v) is 14.2. The molecule has 5 rings (SSSR count). The van der Waals surface area contributed by atoms with Gasteiger partial charge in [-0.25, -0.2) is 14.2 Å². The van der Waals surface area contributed by atoms with Gasteiger partial charge in [0.1, 0.15) is 23.9 Å². The van der Waals surface area contributed by atoms with Crippen LogP contribution in [0.4, 0.5) is 17.6 Å². The average molecular weight is 627 g/mol. The third-order valence-corrected chi connectivity index (χ3v) is 7.84. The highest BCUT2D eigenvalue weighted by Crippen LogP contribution is 2.33. The number of halogens is 4. The zero-order valence-electron chi connectivity index (χ0n) is 23.8. The maximum absolute atomic E-state index is 13.8. The average Bonchev–Trinajstić information content (AvgIpc) is 3.29. The normalized spacial score (nSPS) is 15.1. The number of thiazole rings is 1. The van der Waals surface area contributed by atoms with Gasteiger partial charge in [0.25, 0.3) is 5.56 Å². The van der Waals surface area contributed by atoms with Gasteiger partial charge in [0.15, 0.2) is 4.80 Å². The van der Waals surface area contributed by atoms with E-state index in [2.05, 4.69) is 4.99 Å². The lowest BCUT2D eigenvalue weighted by Crippen LogP contribution is -2.39. The molecule has 7 nitrogen and oxygen atoms in total. The smallest absolute Gasteiger partial charge is 0.416 e. The molecule has 1 aromatic heterocycles. The Kier molecular flexibility index (Phi) is 8.73. The molecule has 3 aromatic carbocycles. The van der Waals surface area contributed by atoms with E-state index in [-0.39, 0.29) is 24.5 Å². The monoisotopic (exact) mass is 626 g/mol. The number of carbonyl (C=O) groups excluding carboxylic acids is 1. The van der Waals surface area contributed by atoms with Crippen LogP contribution in [0, 0.1) is 5.82 Å². The van der Waals surface area contributed by atoms with E-state index < -0.39 is 35.1 Å². The molecule has 0 saturated carbocycles. The van der Waals surface area contributed by atoms with Crippen molar-refractivity contribution >= 4 is 23.4 Å². The number of methoxy groups -OCH3 is 1. The zero-order valence-corrected chi connectivity index (χ0v) is 24.6. The molecule has 12 heteroatoms. The van der Waals surface area contributed by atoms with Crippen molar-refractivity contribution in [1.82, 2.24) is 4.57 Å². The molecule has 0 amide bonds. The number of carbonyl (C=O) groups is 1. The number of esters is 1.